The van der Waals surface area contributed by atoms with Gasteiger partial charge in [0.2, 0.25) is 0 Å². The van der Waals surface area contributed by atoms with E-state index in [1.807, 2.05) is 24.1 Å². The van der Waals surface area contributed by atoms with Gasteiger partial charge in [0.15, 0.2) is 0 Å². The van der Waals surface area contributed by atoms with E-state index in [4.69, 9.17) is 0 Å². The first kappa shape index (κ1) is 23.1. The maximum Gasteiger partial charge on any atom is 0.398 e. The lowest BCUT2D eigenvalue weighted by Gasteiger charge is -2.44. The zero-order valence-corrected chi connectivity index (χ0v) is 19.2. The highest BCUT2D eigenvalue weighted by molar-refractivity contribution is 8.13. The number of rotatable bonds is 6. The molecule has 0 aromatic carbocycles. The highest BCUT2D eigenvalue weighted by atomic mass is 32.2. The smallest absolute Gasteiger partial charge is 0.349 e. The third-order valence-electron chi connectivity index (χ3n) is 6.49. The monoisotopic (exact) mass is 469 g/mol. The van der Waals surface area contributed by atoms with Crippen molar-refractivity contribution in [3.05, 3.63) is 24.0 Å². The van der Waals surface area contributed by atoms with E-state index in [0.717, 1.165) is 42.4 Å². The van der Waals surface area contributed by atoms with Gasteiger partial charge in [0, 0.05) is 36.9 Å². The van der Waals surface area contributed by atoms with Gasteiger partial charge >= 0.3 is 6.18 Å². The van der Waals surface area contributed by atoms with Crippen LogP contribution in [-0.2, 0) is 0 Å². The van der Waals surface area contributed by atoms with Crippen molar-refractivity contribution in [3.8, 4) is 0 Å². The number of anilines is 1. The van der Waals surface area contributed by atoms with Gasteiger partial charge < -0.3 is 14.8 Å². The molecule has 4 rings (SSSR count). The van der Waals surface area contributed by atoms with Crippen LogP contribution < -0.4 is 9.62 Å². The van der Waals surface area contributed by atoms with Crippen LogP contribution in [0.2, 0.25) is 0 Å². The zero-order valence-electron chi connectivity index (χ0n) is 18.4. The molecular weight excluding hydrogens is 439 g/mol. The summed E-state index contributed by atoms with van der Waals surface area (Å²) in [5.41, 5.74) is 2.38. The molecule has 6 nitrogen and oxygen atoms in total. The summed E-state index contributed by atoms with van der Waals surface area (Å²) in [5.74, 6) is -0.419. The third-order valence-corrected chi connectivity index (χ3v) is 8.23. The van der Waals surface area contributed by atoms with Gasteiger partial charge in [0.1, 0.15) is 5.65 Å². The van der Waals surface area contributed by atoms with Crippen LogP contribution in [0, 0.1) is 5.92 Å². The highest BCUT2D eigenvalue weighted by Crippen LogP contribution is 2.39. The lowest BCUT2D eigenvalue weighted by Crippen LogP contribution is -2.51. The predicted molar refractivity (Wildman–Crippen MR) is 124 cm³/mol. The van der Waals surface area contributed by atoms with Crippen LogP contribution in [0.25, 0.3) is 11.0 Å². The Morgan fingerprint density at radius 2 is 2.06 bits per heavy atom. The number of pyridine rings is 1. The number of nitrogens with one attached hydrogen (secondary N) is 2. The quantitative estimate of drug-likeness (QED) is 0.611. The Morgan fingerprint density at radius 3 is 2.72 bits per heavy atom. The van der Waals surface area contributed by atoms with Crippen LogP contribution >= 0.6 is 10.7 Å². The van der Waals surface area contributed by atoms with E-state index in [1.165, 1.54) is 0 Å². The number of aromatic amines is 1. The molecule has 2 aromatic heterocycles. The van der Waals surface area contributed by atoms with Gasteiger partial charge in [-0.2, -0.15) is 13.2 Å². The minimum atomic E-state index is -4.15. The van der Waals surface area contributed by atoms with Crippen molar-refractivity contribution >= 4 is 38.7 Å². The summed E-state index contributed by atoms with van der Waals surface area (Å²) in [6.07, 6.45) is 3.18. The Morgan fingerprint density at radius 1 is 1.31 bits per heavy atom. The maximum absolute atomic E-state index is 12.9. The molecule has 0 spiro atoms. The Labute approximate surface area is 188 Å². The fraction of sp³-hybridized carbons (Fsp3) is 0.591. The lowest BCUT2D eigenvalue weighted by molar-refractivity contribution is -0.105. The number of H-pyrrole nitrogens is 1. The van der Waals surface area contributed by atoms with Crippen LogP contribution in [0.1, 0.15) is 49.9 Å². The molecule has 10 heteroatoms. The average Bonchev–Trinajstić information content (AvgIpc) is 3.26. The average molecular weight is 470 g/mol. The number of alkyl halides is 3. The molecule has 0 radical (unpaired) electrons. The van der Waals surface area contributed by atoms with Gasteiger partial charge in [-0.05, 0) is 56.9 Å². The number of nitrogens with zero attached hydrogens (tertiary/aromatic N) is 3. The summed E-state index contributed by atoms with van der Waals surface area (Å²) >= 11 is 0. The molecule has 2 aromatic rings. The summed E-state index contributed by atoms with van der Waals surface area (Å²) in [6, 6.07) is 2.26. The topological polar surface area (TPSA) is 64.3 Å². The molecule has 0 bridgehead atoms. The first-order valence-corrected chi connectivity index (χ1v) is 12.6. The van der Waals surface area contributed by atoms with Crippen molar-refractivity contribution < 1.29 is 18.0 Å². The first-order valence-electron chi connectivity index (χ1n) is 11.1. The molecule has 3 heterocycles. The molecule has 1 aliphatic heterocycles. The fourth-order valence-electron chi connectivity index (χ4n) is 4.77. The summed E-state index contributed by atoms with van der Waals surface area (Å²) in [4.78, 5) is 24.7. The van der Waals surface area contributed by atoms with Gasteiger partial charge in [-0.15, -0.1) is 10.7 Å². The molecule has 1 aliphatic carbocycles. The minimum absolute atomic E-state index is 0.0137. The number of hydrogen-bond acceptors (Lipinski definition) is 4. The van der Waals surface area contributed by atoms with E-state index in [2.05, 4.69) is 19.6 Å². The molecule has 1 saturated carbocycles. The SMILES string of the molecule is C/C=S(\CC(F)(F)F)NCC1CCC(N2CN(CC)C(=O)c3cnc4[nH]ccc4c32)CC1. The minimum Gasteiger partial charge on any atom is -0.349 e. The van der Waals surface area contributed by atoms with Crippen molar-refractivity contribution in [1.82, 2.24) is 19.6 Å². The molecule has 1 unspecified atom stereocenters. The number of amides is 1. The van der Waals surface area contributed by atoms with E-state index in [9.17, 15) is 18.0 Å². The number of carbonyl (C=O) groups is 1. The second-order valence-corrected chi connectivity index (χ2v) is 10.4. The van der Waals surface area contributed by atoms with Crippen molar-refractivity contribution in [1.29, 1.82) is 0 Å². The van der Waals surface area contributed by atoms with Gasteiger partial charge in [-0.1, -0.05) is 0 Å². The van der Waals surface area contributed by atoms with Crippen LogP contribution in [0.5, 0.6) is 0 Å². The third kappa shape index (κ3) is 4.80. The largest absolute Gasteiger partial charge is 0.398 e. The Kier molecular flexibility index (Phi) is 6.80. The normalized spacial score (nSPS) is 23.1. The molecule has 1 fully saturated rings. The standard InChI is InChI=1S/C22H30F3N5OS/c1-3-29-14-30(19-17-9-10-26-20(17)27-12-18(19)21(29)31)16-7-5-15(6-8-16)11-28-32(4-2)13-22(23,24)25/h4,9-10,12,15-16,28H,3,5-8,11,13-14H2,1-2H3,(H,26,27). The second kappa shape index (κ2) is 9.43. The van der Waals surface area contributed by atoms with E-state index >= 15 is 0 Å². The molecule has 1 atom stereocenters. The molecular formula is C22H30F3N5OS. The molecule has 176 valence electrons. The van der Waals surface area contributed by atoms with Crippen molar-refractivity contribution in [3.63, 3.8) is 0 Å². The van der Waals surface area contributed by atoms with E-state index in [1.54, 1.807) is 18.5 Å². The zero-order chi connectivity index (χ0) is 22.9. The van der Waals surface area contributed by atoms with E-state index in [0.29, 0.717) is 37.3 Å². The van der Waals surface area contributed by atoms with Crippen LogP contribution in [0.3, 0.4) is 0 Å². The second-order valence-electron chi connectivity index (χ2n) is 8.48. The van der Waals surface area contributed by atoms with Gasteiger partial charge in [0.05, 0.1) is 23.7 Å². The van der Waals surface area contributed by atoms with Crippen molar-refractivity contribution in [2.75, 3.05) is 30.4 Å². The highest BCUT2D eigenvalue weighted by Gasteiger charge is 2.36. The first-order chi connectivity index (χ1) is 15.3. The number of hydrogen-bond donors (Lipinski definition) is 2. The van der Waals surface area contributed by atoms with Gasteiger partial charge in [-0.25, -0.2) is 4.98 Å². The number of fused-ring (bicyclic) bond motifs is 3. The Bertz CT molecular complexity index is 997. The van der Waals surface area contributed by atoms with Crippen LogP contribution in [0.15, 0.2) is 18.5 Å². The Hall–Kier alpha value is -2.07. The molecule has 1 amide bonds. The van der Waals surface area contributed by atoms with Crippen molar-refractivity contribution in [2.24, 2.45) is 5.92 Å². The summed E-state index contributed by atoms with van der Waals surface area (Å²) in [6.45, 7) is 5.46. The Balaban J connectivity index is 1.45. The summed E-state index contributed by atoms with van der Waals surface area (Å²) in [5, 5.41) is 2.58. The van der Waals surface area contributed by atoms with Crippen LogP contribution in [0.4, 0.5) is 18.9 Å². The number of carbonyl (C=O) groups excluding carboxylic acids is 1. The van der Waals surface area contributed by atoms with E-state index in [-0.39, 0.29) is 5.91 Å². The summed E-state index contributed by atoms with van der Waals surface area (Å²) < 4.78 is 41.3. The number of halogens is 3. The molecule has 2 aliphatic rings. The summed E-state index contributed by atoms with van der Waals surface area (Å²) in [7, 11) is -0.932. The maximum atomic E-state index is 12.9. The predicted octanol–water partition coefficient (Wildman–Crippen LogP) is 4.52. The molecule has 0 saturated heterocycles. The van der Waals surface area contributed by atoms with Gasteiger partial charge in [-0.3, -0.25) is 9.52 Å². The lowest BCUT2D eigenvalue weighted by atomic mass is 9.85. The van der Waals surface area contributed by atoms with E-state index < -0.39 is 22.6 Å². The van der Waals surface area contributed by atoms with Crippen LogP contribution in [-0.4, -0.2) is 63.9 Å². The number of aromatic nitrogens is 2. The van der Waals surface area contributed by atoms with Crippen molar-refractivity contribution in [2.45, 2.75) is 51.7 Å². The molecule has 2 N–H and O–H groups in total. The van der Waals surface area contributed by atoms with Gasteiger partial charge in [0.25, 0.3) is 5.91 Å². The molecule has 32 heavy (non-hydrogen) atoms. The fourth-order valence-corrected chi connectivity index (χ4v) is 6.01.